The molecule has 0 amide bonds. The molecule has 1 aliphatic carbocycles. The van der Waals surface area contributed by atoms with Crippen molar-refractivity contribution in [1.29, 1.82) is 0 Å². The smallest absolute Gasteiger partial charge is 0.224 e. The van der Waals surface area contributed by atoms with Crippen molar-refractivity contribution < 1.29 is 0 Å². The summed E-state index contributed by atoms with van der Waals surface area (Å²) in [5.74, 6) is 2.98. The van der Waals surface area contributed by atoms with Crippen molar-refractivity contribution in [2.45, 2.75) is 26.3 Å². The maximum atomic E-state index is 4.55. The molecule has 0 saturated heterocycles. The molecule has 0 spiro atoms. The van der Waals surface area contributed by atoms with Crippen molar-refractivity contribution in [2.75, 3.05) is 17.2 Å². The fourth-order valence-electron chi connectivity index (χ4n) is 3.42. The van der Waals surface area contributed by atoms with Crippen LogP contribution in [0.15, 0.2) is 47.4 Å². The van der Waals surface area contributed by atoms with Crippen molar-refractivity contribution in [3.63, 3.8) is 0 Å². The Hall–Kier alpha value is -3.22. The molecule has 1 saturated carbocycles. The van der Waals surface area contributed by atoms with Crippen molar-refractivity contribution in [2.24, 2.45) is 10.9 Å². The summed E-state index contributed by atoms with van der Waals surface area (Å²) in [5, 5.41) is 6.60. The quantitative estimate of drug-likeness (QED) is 0.649. The number of aromatic amines is 1. The first-order valence-electron chi connectivity index (χ1n) is 9.27. The summed E-state index contributed by atoms with van der Waals surface area (Å²) in [7, 11) is 0. The number of imidazole rings is 1. The van der Waals surface area contributed by atoms with E-state index in [0.717, 1.165) is 40.7 Å². The fourth-order valence-corrected chi connectivity index (χ4v) is 3.42. The molecule has 0 bridgehead atoms. The van der Waals surface area contributed by atoms with Crippen LogP contribution >= 0.6 is 0 Å². The average molecular weight is 359 g/mol. The zero-order valence-electron chi connectivity index (χ0n) is 15.2. The van der Waals surface area contributed by atoms with Gasteiger partial charge in [0.05, 0.1) is 23.9 Å². The lowest BCUT2D eigenvalue weighted by atomic mass is 10.1. The minimum Gasteiger partial charge on any atom is -0.350 e. The van der Waals surface area contributed by atoms with Crippen LogP contribution in [0, 0.1) is 12.8 Å². The van der Waals surface area contributed by atoms with E-state index >= 15 is 0 Å². The van der Waals surface area contributed by atoms with Gasteiger partial charge in [-0.3, -0.25) is 4.99 Å². The number of anilines is 2. The fraction of sp³-hybridized carbons (Fsp3) is 0.300. The molecule has 0 radical (unpaired) electrons. The van der Waals surface area contributed by atoms with Crippen LogP contribution in [0.2, 0.25) is 0 Å². The monoisotopic (exact) mass is 359 g/mol. The van der Waals surface area contributed by atoms with Gasteiger partial charge in [0.1, 0.15) is 11.7 Å². The first kappa shape index (κ1) is 16.0. The minimum absolute atomic E-state index is 0.589. The molecular weight excluding hydrogens is 338 g/mol. The Labute approximate surface area is 157 Å². The normalized spacial score (nSPS) is 16.3. The van der Waals surface area contributed by atoms with E-state index in [1.165, 1.54) is 24.0 Å². The topological polar surface area (TPSA) is 90.9 Å². The third-order valence-electron chi connectivity index (χ3n) is 5.16. The molecule has 2 aliphatic rings. The number of amidine groups is 1. The molecule has 1 aliphatic heterocycles. The highest BCUT2D eigenvalue weighted by Crippen LogP contribution is 2.37. The van der Waals surface area contributed by atoms with E-state index in [-0.39, 0.29) is 0 Å². The lowest BCUT2D eigenvalue weighted by Crippen LogP contribution is -2.11. The summed E-state index contributed by atoms with van der Waals surface area (Å²) >= 11 is 0. The summed E-state index contributed by atoms with van der Waals surface area (Å²) in [5.41, 5.74) is 5.83. The molecule has 3 heterocycles. The Balaban J connectivity index is 1.27. The number of H-pyrrole nitrogens is 1. The molecule has 27 heavy (non-hydrogen) atoms. The van der Waals surface area contributed by atoms with Crippen molar-refractivity contribution >= 4 is 28.6 Å². The van der Waals surface area contributed by atoms with E-state index < -0.39 is 0 Å². The number of nitrogens with one attached hydrogen (secondary N) is 3. The van der Waals surface area contributed by atoms with Gasteiger partial charge in [-0.15, -0.1) is 0 Å². The number of aromatic nitrogens is 4. The Morgan fingerprint density at radius 2 is 2.11 bits per heavy atom. The second-order valence-electron chi connectivity index (χ2n) is 7.09. The summed E-state index contributed by atoms with van der Waals surface area (Å²) in [6.07, 6.45) is 8.25. The largest absolute Gasteiger partial charge is 0.350 e. The molecule has 7 heteroatoms. The molecule has 2 aromatic heterocycles. The summed E-state index contributed by atoms with van der Waals surface area (Å²) in [6, 6.07) is 6.01. The van der Waals surface area contributed by atoms with Crippen LogP contribution in [0.4, 0.5) is 11.8 Å². The van der Waals surface area contributed by atoms with Gasteiger partial charge in [0.15, 0.2) is 0 Å². The second-order valence-corrected chi connectivity index (χ2v) is 7.09. The summed E-state index contributed by atoms with van der Waals surface area (Å²) in [4.78, 5) is 21.0. The van der Waals surface area contributed by atoms with Gasteiger partial charge < -0.3 is 15.6 Å². The Kier molecular flexibility index (Phi) is 3.85. The molecular formula is C20H21N7. The second kappa shape index (κ2) is 6.50. The number of rotatable bonds is 5. The highest BCUT2D eigenvalue weighted by atomic mass is 15.2. The number of nitrogens with zero attached hydrogens (tertiary/aromatic N) is 4. The van der Waals surface area contributed by atoms with Gasteiger partial charge in [0, 0.05) is 12.7 Å². The molecule has 3 N–H and O–H groups in total. The van der Waals surface area contributed by atoms with Gasteiger partial charge in [-0.1, -0.05) is 6.07 Å². The molecule has 3 aromatic rings. The molecule has 1 fully saturated rings. The van der Waals surface area contributed by atoms with E-state index in [9.17, 15) is 0 Å². The molecule has 136 valence electrons. The molecule has 5 rings (SSSR count). The first-order valence-corrected chi connectivity index (χ1v) is 9.27. The lowest BCUT2D eigenvalue weighted by Gasteiger charge is -2.10. The van der Waals surface area contributed by atoms with Gasteiger partial charge in [-0.05, 0) is 60.6 Å². The zero-order chi connectivity index (χ0) is 18.2. The maximum Gasteiger partial charge on any atom is 0.224 e. The Morgan fingerprint density at radius 1 is 1.19 bits per heavy atom. The van der Waals surface area contributed by atoms with Crippen LogP contribution in [0.1, 0.15) is 24.0 Å². The van der Waals surface area contributed by atoms with E-state index in [2.05, 4.69) is 54.6 Å². The van der Waals surface area contributed by atoms with Crippen LogP contribution < -0.4 is 10.6 Å². The van der Waals surface area contributed by atoms with Crippen LogP contribution in [0.5, 0.6) is 0 Å². The lowest BCUT2D eigenvalue weighted by molar-refractivity contribution is 0.959. The highest BCUT2D eigenvalue weighted by molar-refractivity contribution is 6.05. The van der Waals surface area contributed by atoms with E-state index in [0.29, 0.717) is 12.5 Å². The van der Waals surface area contributed by atoms with Crippen molar-refractivity contribution in [3.05, 3.63) is 53.5 Å². The average Bonchev–Trinajstić information content (AvgIpc) is 3.23. The molecule has 1 aromatic carbocycles. The number of benzene rings is 1. The summed E-state index contributed by atoms with van der Waals surface area (Å²) < 4.78 is 0. The third kappa shape index (κ3) is 3.28. The third-order valence-corrected chi connectivity index (χ3v) is 5.16. The molecule has 7 nitrogen and oxygen atoms in total. The number of aryl methyl sites for hydroxylation is 1. The number of hydrogen-bond acceptors (Lipinski definition) is 6. The van der Waals surface area contributed by atoms with Crippen molar-refractivity contribution in [3.8, 4) is 0 Å². The van der Waals surface area contributed by atoms with Gasteiger partial charge in [-0.25, -0.2) is 9.97 Å². The Bertz CT molecular complexity index is 1060. The van der Waals surface area contributed by atoms with E-state index in [4.69, 9.17) is 0 Å². The molecule has 0 atom stereocenters. The Morgan fingerprint density at radius 3 is 3.00 bits per heavy atom. The van der Waals surface area contributed by atoms with Gasteiger partial charge in [0.25, 0.3) is 0 Å². The standard InChI is InChI=1S/C20H21N7/c1-12-14(4-5-16-19(12)25-11-24-16)9-23-20-21-7-6-17(27-20)26-18-8-15(10-22-18)13-2-3-13/h4-8,11,13H,2-3,9-10H2,1H3,(H,24,25)(H2,21,22,23,26,27). The maximum absolute atomic E-state index is 4.55. The predicted molar refractivity (Wildman–Crippen MR) is 107 cm³/mol. The molecule has 0 unspecified atom stereocenters. The van der Waals surface area contributed by atoms with Crippen LogP contribution in [0.3, 0.4) is 0 Å². The van der Waals surface area contributed by atoms with Crippen LogP contribution in [0.25, 0.3) is 11.0 Å². The number of hydrogen-bond donors (Lipinski definition) is 3. The van der Waals surface area contributed by atoms with E-state index in [1.807, 2.05) is 12.1 Å². The predicted octanol–water partition coefficient (Wildman–Crippen LogP) is 3.43. The van der Waals surface area contributed by atoms with Crippen LogP contribution in [-0.4, -0.2) is 32.3 Å². The SMILES string of the molecule is Cc1c(CNc2nccc(NC3=NCC(C4CC4)=C3)n2)ccc2[nH]cnc12. The zero-order valence-corrected chi connectivity index (χ0v) is 15.2. The van der Waals surface area contributed by atoms with Gasteiger partial charge in [0.2, 0.25) is 5.95 Å². The van der Waals surface area contributed by atoms with Gasteiger partial charge in [-0.2, -0.15) is 4.98 Å². The minimum atomic E-state index is 0.589. The van der Waals surface area contributed by atoms with Crippen LogP contribution in [-0.2, 0) is 6.54 Å². The van der Waals surface area contributed by atoms with Gasteiger partial charge >= 0.3 is 0 Å². The first-order chi connectivity index (χ1) is 13.3. The summed E-state index contributed by atoms with van der Waals surface area (Å²) in [6.45, 7) is 3.55. The van der Waals surface area contributed by atoms with Crippen molar-refractivity contribution in [1.82, 2.24) is 19.9 Å². The number of aliphatic imine (C=N–C) groups is 1. The highest BCUT2D eigenvalue weighted by Gasteiger charge is 2.27. The number of fused-ring (bicyclic) bond motifs is 1. The van der Waals surface area contributed by atoms with E-state index in [1.54, 1.807) is 12.5 Å².